The number of carbonyl (C=O) groups is 1. The molecule has 1 unspecified atom stereocenters. The fourth-order valence-electron chi connectivity index (χ4n) is 3.19. The van der Waals surface area contributed by atoms with E-state index in [0.717, 1.165) is 29.7 Å². The molecule has 0 aliphatic carbocycles. The molecule has 0 radical (unpaired) electrons. The number of aliphatic imine (C=N–C) groups is 1. The molecule has 5 heteroatoms. The first-order valence-corrected chi connectivity index (χ1v) is 9.35. The average molecular weight is 372 g/mol. The molecule has 1 aliphatic rings. The van der Waals surface area contributed by atoms with E-state index >= 15 is 0 Å². The van der Waals surface area contributed by atoms with E-state index in [-0.39, 0.29) is 11.7 Å². The van der Waals surface area contributed by atoms with Crippen molar-refractivity contribution in [2.75, 3.05) is 0 Å². The Labute approximate surface area is 160 Å². The van der Waals surface area contributed by atoms with Crippen LogP contribution in [0.1, 0.15) is 51.0 Å². The van der Waals surface area contributed by atoms with Crippen molar-refractivity contribution >= 4 is 23.2 Å². The van der Waals surface area contributed by atoms with E-state index < -0.39 is 0 Å². The molecule has 0 saturated carbocycles. The van der Waals surface area contributed by atoms with Crippen molar-refractivity contribution in [1.82, 2.24) is 5.32 Å². The van der Waals surface area contributed by atoms with Gasteiger partial charge in [0.25, 0.3) is 0 Å². The minimum atomic E-state index is -0.339. The Bertz CT molecular complexity index is 777. The molecule has 0 bridgehead atoms. The van der Waals surface area contributed by atoms with Gasteiger partial charge in [-0.25, -0.2) is 4.99 Å². The molecule has 0 amide bonds. The second-order valence-corrected chi connectivity index (χ2v) is 6.61. The highest BCUT2D eigenvalue weighted by Crippen LogP contribution is 2.42. The molecule has 4 nitrogen and oxygen atoms in total. The molecule has 1 aromatic rings. The number of nitrogens with two attached hydrogens (primary N) is 1. The number of hydrogen-bond donors (Lipinski definition) is 2. The molecule has 0 saturated heterocycles. The van der Waals surface area contributed by atoms with Crippen molar-refractivity contribution in [3.05, 3.63) is 70.7 Å². The van der Waals surface area contributed by atoms with E-state index in [1.54, 1.807) is 12.4 Å². The fourth-order valence-corrected chi connectivity index (χ4v) is 3.43. The van der Waals surface area contributed by atoms with Crippen molar-refractivity contribution in [1.29, 1.82) is 0 Å². The summed E-state index contributed by atoms with van der Waals surface area (Å²) in [5.41, 5.74) is 9.34. The number of nitrogens with zero attached hydrogens (tertiary/aromatic N) is 1. The Morgan fingerprint density at radius 1 is 1.35 bits per heavy atom. The zero-order chi connectivity index (χ0) is 19.1. The third-order valence-electron chi connectivity index (χ3n) is 4.30. The summed E-state index contributed by atoms with van der Waals surface area (Å²) < 4.78 is 0. The van der Waals surface area contributed by atoms with Gasteiger partial charge in [-0.1, -0.05) is 56.6 Å². The first-order chi connectivity index (χ1) is 12.5. The van der Waals surface area contributed by atoms with E-state index in [0.29, 0.717) is 29.3 Å². The smallest absolute Gasteiger partial charge is 0.161 e. The van der Waals surface area contributed by atoms with Gasteiger partial charge < -0.3 is 11.1 Å². The maximum atomic E-state index is 13.0. The zero-order valence-electron chi connectivity index (χ0n) is 15.4. The van der Waals surface area contributed by atoms with E-state index in [9.17, 15) is 4.79 Å². The molecule has 0 aromatic heterocycles. The lowest BCUT2D eigenvalue weighted by atomic mass is 9.78. The van der Waals surface area contributed by atoms with Crippen LogP contribution in [-0.4, -0.2) is 11.6 Å². The Kier molecular flexibility index (Phi) is 7.22. The molecule has 1 heterocycles. The summed E-state index contributed by atoms with van der Waals surface area (Å²) in [6.45, 7) is 7.74. The van der Waals surface area contributed by atoms with Crippen molar-refractivity contribution in [3.63, 3.8) is 0 Å². The number of carbonyl (C=O) groups excluding carboxylic acids is 1. The largest absolute Gasteiger partial charge is 0.383 e. The normalized spacial score (nSPS) is 18.7. The highest BCUT2D eigenvalue weighted by molar-refractivity contribution is 6.31. The minimum absolute atomic E-state index is 0.0987. The van der Waals surface area contributed by atoms with Gasteiger partial charge in [-0.05, 0) is 30.7 Å². The highest BCUT2D eigenvalue weighted by atomic mass is 35.5. The van der Waals surface area contributed by atoms with E-state index in [1.165, 1.54) is 0 Å². The Balaban J connectivity index is 2.73. The highest BCUT2D eigenvalue weighted by Gasteiger charge is 2.34. The van der Waals surface area contributed by atoms with Crippen LogP contribution in [0.25, 0.3) is 0 Å². The van der Waals surface area contributed by atoms with E-state index in [4.69, 9.17) is 17.3 Å². The monoisotopic (exact) mass is 371 g/mol. The van der Waals surface area contributed by atoms with Crippen LogP contribution >= 0.6 is 11.6 Å². The SMILES string of the molecule is C=CN/C=C1\C(N)=NC(CCC)=C(C(=O)CCC)C1c1ccccc1Cl. The molecule has 26 heavy (non-hydrogen) atoms. The van der Waals surface area contributed by atoms with Crippen LogP contribution in [0.5, 0.6) is 0 Å². The summed E-state index contributed by atoms with van der Waals surface area (Å²) in [7, 11) is 0. The summed E-state index contributed by atoms with van der Waals surface area (Å²) in [5, 5.41) is 3.58. The number of rotatable bonds is 8. The van der Waals surface area contributed by atoms with Gasteiger partial charge >= 0.3 is 0 Å². The quantitative estimate of drug-likeness (QED) is 0.687. The predicted octanol–water partition coefficient (Wildman–Crippen LogP) is 4.83. The van der Waals surface area contributed by atoms with Gasteiger partial charge in [0.2, 0.25) is 0 Å². The van der Waals surface area contributed by atoms with Gasteiger partial charge in [0.15, 0.2) is 5.78 Å². The van der Waals surface area contributed by atoms with Crippen LogP contribution in [0.15, 0.2) is 65.1 Å². The number of nitrogens with one attached hydrogen (secondary N) is 1. The van der Waals surface area contributed by atoms with Crippen molar-refractivity contribution in [3.8, 4) is 0 Å². The van der Waals surface area contributed by atoms with Gasteiger partial charge in [-0.15, -0.1) is 0 Å². The number of amidine groups is 1. The van der Waals surface area contributed by atoms with Crippen LogP contribution in [0, 0.1) is 0 Å². The lowest BCUT2D eigenvalue weighted by Gasteiger charge is -2.29. The molecular weight excluding hydrogens is 346 g/mol. The van der Waals surface area contributed by atoms with Gasteiger partial charge in [0.1, 0.15) is 5.84 Å². The maximum Gasteiger partial charge on any atom is 0.161 e. The summed E-state index contributed by atoms with van der Waals surface area (Å²) in [6.07, 6.45) is 6.15. The Morgan fingerprint density at radius 2 is 2.08 bits per heavy atom. The molecule has 2 rings (SSSR count). The number of ketones is 1. The first-order valence-electron chi connectivity index (χ1n) is 8.97. The number of hydrogen-bond acceptors (Lipinski definition) is 4. The van der Waals surface area contributed by atoms with Gasteiger partial charge in [0.05, 0.1) is 5.70 Å². The molecule has 1 aliphatic heterocycles. The van der Waals surface area contributed by atoms with Crippen molar-refractivity contribution in [2.24, 2.45) is 10.7 Å². The second-order valence-electron chi connectivity index (χ2n) is 6.21. The number of Topliss-reactive ketones (excluding diaryl/α,β-unsaturated/α-hetero) is 1. The molecule has 1 aromatic carbocycles. The van der Waals surface area contributed by atoms with Crippen LogP contribution in [-0.2, 0) is 4.79 Å². The fraction of sp³-hybridized carbons (Fsp3) is 0.333. The Morgan fingerprint density at radius 3 is 2.69 bits per heavy atom. The van der Waals surface area contributed by atoms with Gasteiger partial charge in [-0.3, -0.25) is 4.79 Å². The lowest BCUT2D eigenvalue weighted by Crippen LogP contribution is -2.30. The van der Waals surface area contributed by atoms with E-state index in [1.807, 2.05) is 31.2 Å². The molecule has 0 spiro atoms. The van der Waals surface area contributed by atoms with E-state index in [2.05, 4.69) is 23.8 Å². The molecule has 1 atom stereocenters. The average Bonchev–Trinajstić information content (AvgIpc) is 2.61. The minimum Gasteiger partial charge on any atom is -0.383 e. The van der Waals surface area contributed by atoms with Crippen molar-refractivity contribution in [2.45, 2.75) is 45.4 Å². The van der Waals surface area contributed by atoms with Crippen LogP contribution in [0.4, 0.5) is 0 Å². The third-order valence-corrected chi connectivity index (χ3v) is 4.64. The molecular formula is C21H26ClN3O. The number of benzene rings is 1. The molecule has 138 valence electrons. The summed E-state index contributed by atoms with van der Waals surface area (Å²) in [5.74, 6) is 0.164. The predicted molar refractivity (Wildman–Crippen MR) is 109 cm³/mol. The number of halogens is 1. The Hall–Kier alpha value is -2.33. The van der Waals surface area contributed by atoms with Gasteiger partial charge in [-0.2, -0.15) is 0 Å². The standard InChI is InChI=1S/C21H26ClN3O/c1-4-9-17-20(18(26)10-5-2)19(14-11-7-8-12-16(14)22)15(13-24-6-3)21(23)25-17/h6-8,11-13,19,24H,3-5,9-10H2,1-2H3,(H2,23,25)/b15-13-. The third kappa shape index (κ3) is 4.25. The van der Waals surface area contributed by atoms with Gasteiger partial charge in [0, 0.05) is 34.7 Å². The van der Waals surface area contributed by atoms with Crippen LogP contribution in [0.2, 0.25) is 5.02 Å². The second kappa shape index (κ2) is 9.39. The summed E-state index contributed by atoms with van der Waals surface area (Å²) in [6, 6.07) is 7.57. The van der Waals surface area contributed by atoms with Crippen LogP contribution in [0.3, 0.4) is 0 Å². The molecule has 0 fully saturated rings. The lowest BCUT2D eigenvalue weighted by molar-refractivity contribution is -0.115. The zero-order valence-corrected chi connectivity index (χ0v) is 16.1. The van der Waals surface area contributed by atoms with Crippen LogP contribution < -0.4 is 11.1 Å². The number of allylic oxidation sites excluding steroid dienone is 2. The summed E-state index contributed by atoms with van der Waals surface area (Å²) in [4.78, 5) is 17.6. The summed E-state index contributed by atoms with van der Waals surface area (Å²) >= 11 is 6.49. The maximum absolute atomic E-state index is 13.0. The first kappa shape index (κ1) is 20.0. The van der Waals surface area contributed by atoms with Crippen molar-refractivity contribution < 1.29 is 4.79 Å². The molecule has 3 N–H and O–H groups in total. The topological polar surface area (TPSA) is 67.5 Å².